The SMILES string of the molecule is CNC(=O)c1cccc(-c2cc3c(C(=O)NC)c(-c4ccc(F)cc4)oc3cc2N(C)S(C)(=O)=O)c1. The number of carbonyl (C=O) groups excluding carboxylic acids is 2. The van der Waals surface area contributed by atoms with Crippen molar-refractivity contribution in [1.29, 1.82) is 0 Å². The van der Waals surface area contributed by atoms with Crippen molar-refractivity contribution < 1.29 is 26.8 Å². The second-order valence-corrected chi connectivity index (χ2v) is 10.2. The first-order valence-electron chi connectivity index (χ1n) is 10.9. The molecule has 0 atom stereocenters. The van der Waals surface area contributed by atoms with E-state index in [9.17, 15) is 22.4 Å². The first kappa shape index (κ1) is 24.9. The van der Waals surface area contributed by atoms with Crippen LogP contribution >= 0.6 is 0 Å². The lowest BCUT2D eigenvalue weighted by Crippen LogP contribution is -2.25. The van der Waals surface area contributed by atoms with Crippen LogP contribution in [0.4, 0.5) is 10.1 Å². The van der Waals surface area contributed by atoms with Gasteiger partial charge in [0.1, 0.15) is 17.2 Å². The molecule has 0 spiro atoms. The standard InChI is InChI=1S/C26H24FN3O5S/c1-28-25(31)17-7-5-6-16(12-17)19-13-20-22(14-21(19)30(3)36(4,33)34)35-24(23(20)26(32)29-2)15-8-10-18(27)11-9-15/h5-14H,1-4H3,(H,28,31)(H,29,32). The minimum absolute atomic E-state index is 0.216. The van der Waals surface area contributed by atoms with Crippen LogP contribution in [0.2, 0.25) is 0 Å². The summed E-state index contributed by atoms with van der Waals surface area (Å²) in [6.45, 7) is 0. The Kier molecular flexibility index (Phi) is 6.55. The van der Waals surface area contributed by atoms with Gasteiger partial charge in [0, 0.05) is 49.3 Å². The molecule has 0 radical (unpaired) electrons. The molecule has 186 valence electrons. The molecule has 4 rings (SSSR count). The summed E-state index contributed by atoms with van der Waals surface area (Å²) >= 11 is 0. The average molecular weight is 510 g/mol. The number of furan rings is 1. The van der Waals surface area contributed by atoms with Crippen molar-refractivity contribution in [2.24, 2.45) is 0 Å². The Morgan fingerprint density at radius 1 is 0.917 bits per heavy atom. The number of hydrogen-bond acceptors (Lipinski definition) is 5. The highest BCUT2D eigenvalue weighted by molar-refractivity contribution is 7.92. The number of rotatable bonds is 6. The first-order chi connectivity index (χ1) is 17.0. The molecule has 0 bridgehead atoms. The van der Waals surface area contributed by atoms with Crippen LogP contribution in [0.3, 0.4) is 0 Å². The van der Waals surface area contributed by atoms with Crippen LogP contribution in [0, 0.1) is 5.82 Å². The normalized spacial score (nSPS) is 11.4. The fourth-order valence-corrected chi connectivity index (χ4v) is 4.44. The van der Waals surface area contributed by atoms with E-state index in [1.165, 1.54) is 51.5 Å². The van der Waals surface area contributed by atoms with Crippen molar-refractivity contribution in [3.8, 4) is 22.5 Å². The average Bonchev–Trinajstić information content (AvgIpc) is 3.24. The topological polar surface area (TPSA) is 109 Å². The molecule has 3 aromatic carbocycles. The van der Waals surface area contributed by atoms with E-state index in [1.807, 2.05) is 0 Å². The zero-order valence-corrected chi connectivity index (χ0v) is 20.9. The Bertz CT molecular complexity index is 1590. The van der Waals surface area contributed by atoms with E-state index >= 15 is 0 Å². The third-order valence-electron chi connectivity index (χ3n) is 5.87. The van der Waals surface area contributed by atoms with Crippen molar-refractivity contribution in [1.82, 2.24) is 10.6 Å². The summed E-state index contributed by atoms with van der Waals surface area (Å²) < 4.78 is 45.7. The quantitative estimate of drug-likeness (QED) is 0.408. The van der Waals surface area contributed by atoms with Gasteiger partial charge < -0.3 is 15.1 Å². The lowest BCUT2D eigenvalue weighted by molar-refractivity contribution is 0.0955. The third-order valence-corrected chi connectivity index (χ3v) is 7.06. The van der Waals surface area contributed by atoms with Crippen LogP contribution < -0.4 is 14.9 Å². The molecule has 0 aliphatic carbocycles. The van der Waals surface area contributed by atoms with E-state index in [-0.39, 0.29) is 22.8 Å². The fourth-order valence-electron chi connectivity index (χ4n) is 3.93. The molecule has 36 heavy (non-hydrogen) atoms. The van der Waals surface area contributed by atoms with Gasteiger partial charge in [0.25, 0.3) is 11.8 Å². The van der Waals surface area contributed by atoms with Gasteiger partial charge in [-0.15, -0.1) is 0 Å². The highest BCUT2D eigenvalue weighted by Crippen LogP contribution is 2.41. The van der Waals surface area contributed by atoms with Crippen molar-refractivity contribution >= 4 is 38.5 Å². The van der Waals surface area contributed by atoms with E-state index in [0.717, 1.165) is 10.6 Å². The number of amides is 2. The van der Waals surface area contributed by atoms with Gasteiger partial charge in [-0.25, -0.2) is 12.8 Å². The zero-order valence-electron chi connectivity index (χ0n) is 20.0. The van der Waals surface area contributed by atoms with E-state index in [0.29, 0.717) is 33.3 Å². The van der Waals surface area contributed by atoms with Crippen molar-refractivity contribution in [3.05, 3.63) is 77.6 Å². The largest absolute Gasteiger partial charge is 0.455 e. The number of halogens is 1. The molecule has 0 aliphatic heterocycles. The summed E-state index contributed by atoms with van der Waals surface area (Å²) in [6, 6.07) is 15.4. The summed E-state index contributed by atoms with van der Waals surface area (Å²) in [7, 11) is 0.730. The van der Waals surface area contributed by atoms with Gasteiger partial charge in [-0.3, -0.25) is 13.9 Å². The monoisotopic (exact) mass is 509 g/mol. The highest BCUT2D eigenvalue weighted by atomic mass is 32.2. The van der Waals surface area contributed by atoms with Gasteiger partial charge >= 0.3 is 0 Å². The lowest BCUT2D eigenvalue weighted by atomic mass is 9.97. The Hall–Kier alpha value is -4.18. The van der Waals surface area contributed by atoms with Crippen molar-refractivity contribution in [2.45, 2.75) is 0 Å². The molecule has 1 heterocycles. The van der Waals surface area contributed by atoms with E-state index < -0.39 is 21.7 Å². The van der Waals surface area contributed by atoms with Gasteiger partial charge in [0.05, 0.1) is 17.5 Å². The minimum atomic E-state index is -3.68. The summed E-state index contributed by atoms with van der Waals surface area (Å²) in [5.41, 5.74) is 2.68. The molecule has 4 aromatic rings. The van der Waals surface area contributed by atoms with Crippen LogP contribution in [-0.4, -0.2) is 47.6 Å². The third kappa shape index (κ3) is 4.55. The van der Waals surface area contributed by atoms with Gasteiger partial charge in [-0.1, -0.05) is 12.1 Å². The van der Waals surface area contributed by atoms with E-state index in [2.05, 4.69) is 10.6 Å². The summed E-state index contributed by atoms with van der Waals surface area (Å²) in [6.07, 6.45) is 1.07. The molecule has 2 amide bonds. The van der Waals surface area contributed by atoms with Crippen LogP contribution in [-0.2, 0) is 10.0 Å². The van der Waals surface area contributed by atoms with E-state index in [4.69, 9.17) is 4.42 Å². The number of anilines is 1. The molecule has 0 unspecified atom stereocenters. The molecule has 0 aliphatic rings. The van der Waals surface area contributed by atoms with Gasteiger partial charge in [-0.2, -0.15) is 0 Å². The number of benzene rings is 3. The number of carbonyl (C=O) groups is 2. The Labute approximate surface area is 207 Å². The number of sulfonamides is 1. The summed E-state index contributed by atoms with van der Waals surface area (Å²) in [4.78, 5) is 25.2. The van der Waals surface area contributed by atoms with E-state index in [1.54, 1.807) is 30.3 Å². The Morgan fingerprint density at radius 3 is 2.19 bits per heavy atom. The summed E-state index contributed by atoms with van der Waals surface area (Å²) in [5, 5.41) is 5.60. The highest BCUT2D eigenvalue weighted by Gasteiger charge is 2.26. The molecular formula is C26H24FN3O5S. The molecule has 0 fully saturated rings. The molecule has 1 aromatic heterocycles. The number of fused-ring (bicyclic) bond motifs is 1. The van der Waals surface area contributed by atoms with Crippen LogP contribution in [0.15, 0.2) is 65.1 Å². The maximum absolute atomic E-state index is 13.5. The summed E-state index contributed by atoms with van der Waals surface area (Å²) in [5.74, 6) is -0.952. The second kappa shape index (κ2) is 9.46. The fraction of sp³-hybridized carbons (Fsp3) is 0.154. The maximum atomic E-state index is 13.5. The molecular weight excluding hydrogens is 485 g/mol. The van der Waals surface area contributed by atoms with Crippen LogP contribution in [0.5, 0.6) is 0 Å². The number of hydrogen-bond donors (Lipinski definition) is 2. The molecule has 0 saturated carbocycles. The zero-order chi connectivity index (χ0) is 26.2. The van der Waals surface area contributed by atoms with Crippen LogP contribution in [0.1, 0.15) is 20.7 Å². The van der Waals surface area contributed by atoms with Crippen molar-refractivity contribution in [2.75, 3.05) is 31.7 Å². The van der Waals surface area contributed by atoms with Crippen molar-refractivity contribution in [3.63, 3.8) is 0 Å². The van der Waals surface area contributed by atoms with Gasteiger partial charge in [-0.05, 0) is 48.0 Å². The lowest BCUT2D eigenvalue weighted by Gasteiger charge is -2.21. The van der Waals surface area contributed by atoms with Gasteiger partial charge in [0.2, 0.25) is 10.0 Å². The smallest absolute Gasteiger partial charge is 0.255 e. The second-order valence-electron chi connectivity index (χ2n) is 8.15. The number of nitrogens with zero attached hydrogens (tertiary/aromatic N) is 1. The molecule has 10 heteroatoms. The van der Waals surface area contributed by atoms with Crippen LogP contribution in [0.25, 0.3) is 33.4 Å². The molecule has 8 nitrogen and oxygen atoms in total. The molecule has 2 N–H and O–H groups in total. The Morgan fingerprint density at radius 2 is 1.58 bits per heavy atom. The minimum Gasteiger partial charge on any atom is -0.455 e. The van der Waals surface area contributed by atoms with Gasteiger partial charge in [0.15, 0.2) is 0 Å². The predicted octanol–water partition coefficient (Wildman–Crippen LogP) is 4.02. The maximum Gasteiger partial charge on any atom is 0.255 e. The first-order valence-corrected chi connectivity index (χ1v) is 12.7. The molecule has 0 saturated heterocycles. The number of nitrogens with one attached hydrogen (secondary N) is 2. The predicted molar refractivity (Wildman–Crippen MR) is 137 cm³/mol. The Balaban J connectivity index is 2.07.